The van der Waals surface area contributed by atoms with Crippen LogP contribution in [0.1, 0.15) is 134 Å². The summed E-state index contributed by atoms with van der Waals surface area (Å²) in [6.07, 6.45) is 19.8. The van der Waals surface area contributed by atoms with Crippen LogP contribution >= 0.6 is 0 Å². The SMILES string of the molecule is CCCCCCCCCCCCCCCCC(C)(C)C(=O)Nc1cc(C)c(O)c(C)c1C. The second-order valence-electron chi connectivity index (χ2n) is 10.5. The predicted molar refractivity (Wildman–Crippen MR) is 140 cm³/mol. The van der Waals surface area contributed by atoms with Gasteiger partial charge in [0.05, 0.1) is 0 Å². The van der Waals surface area contributed by atoms with E-state index in [0.29, 0.717) is 5.75 Å². The molecule has 3 heteroatoms. The molecule has 0 radical (unpaired) electrons. The molecule has 0 aromatic heterocycles. The number of aryl methyl sites for hydroxylation is 1. The number of unbranched alkanes of at least 4 members (excludes halogenated alkanes) is 13. The van der Waals surface area contributed by atoms with E-state index in [9.17, 15) is 9.90 Å². The largest absolute Gasteiger partial charge is 0.507 e. The fraction of sp³-hybridized carbons (Fsp3) is 0.759. The first-order valence-electron chi connectivity index (χ1n) is 13.3. The van der Waals surface area contributed by atoms with Gasteiger partial charge < -0.3 is 10.4 Å². The molecule has 0 saturated heterocycles. The normalized spacial score (nSPS) is 11.7. The lowest BCUT2D eigenvalue weighted by Crippen LogP contribution is -2.31. The second-order valence-corrected chi connectivity index (χ2v) is 10.5. The van der Waals surface area contributed by atoms with Crippen LogP contribution in [-0.4, -0.2) is 11.0 Å². The number of benzene rings is 1. The summed E-state index contributed by atoms with van der Waals surface area (Å²) in [4.78, 5) is 12.9. The van der Waals surface area contributed by atoms with Gasteiger partial charge in [0.25, 0.3) is 0 Å². The molecule has 1 aromatic carbocycles. The van der Waals surface area contributed by atoms with Gasteiger partial charge in [-0.2, -0.15) is 0 Å². The van der Waals surface area contributed by atoms with E-state index in [1.807, 2.05) is 40.7 Å². The van der Waals surface area contributed by atoms with Crippen LogP contribution in [0.2, 0.25) is 0 Å². The molecule has 1 amide bonds. The van der Waals surface area contributed by atoms with Gasteiger partial charge in [-0.25, -0.2) is 0 Å². The summed E-state index contributed by atoms with van der Waals surface area (Å²) >= 11 is 0. The van der Waals surface area contributed by atoms with E-state index in [1.54, 1.807) is 0 Å². The number of aromatic hydroxyl groups is 1. The van der Waals surface area contributed by atoms with E-state index in [2.05, 4.69) is 12.2 Å². The fourth-order valence-corrected chi connectivity index (χ4v) is 4.36. The minimum Gasteiger partial charge on any atom is -0.507 e. The molecule has 0 spiro atoms. The Hall–Kier alpha value is -1.51. The molecule has 1 aromatic rings. The van der Waals surface area contributed by atoms with Crippen molar-refractivity contribution in [3.63, 3.8) is 0 Å². The zero-order chi connectivity index (χ0) is 24.0. The molecule has 3 nitrogen and oxygen atoms in total. The number of rotatable bonds is 17. The average molecular weight is 446 g/mol. The number of hydrogen-bond acceptors (Lipinski definition) is 2. The lowest BCUT2D eigenvalue weighted by molar-refractivity contribution is -0.124. The summed E-state index contributed by atoms with van der Waals surface area (Å²) in [5.41, 5.74) is 3.01. The van der Waals surface area contributed by atoms with Crippen molar-refractivity contribution in [2.24, 2.45) is 5.41 Å². The molecule has 2 N–H and O–H groups in total. The molecular formula is C29H51NO2. The molecule has 0 unspecified atom stereocenters. The summed E-state index contributed by atoms with van der Waals surface area (Å²) in [7, 11) is 0. The van der Waals surface area contributed by atoms with Gasteiger partial charge in [-0.3, -0.25) is 4.79 Å². The Balaban J connectivity index is 2.17. The molecule has 0 aliphatic carbocycles. The monoisotopic (exact) mass is 445 g/mol. The highest BCUT2D eigenvalue weighted by Crippen LogP contribution is 2.32. The van der Waals surface area contributed by atoms with Crippen molar-refractivity contribution in [1.29, 1.82) is 0 Å². The first kappa shape index (κ1) is 28.5. The Morgan fingerprint density at radius 1 is 0.781 bits per heavy atom. The summed E-state index contributed by atoms with van der Waals surface area (Å²) in [6, 6.07) is 1.87. The number of nitrogens with one attached hydrogen (secondary N) is 1. The van der Waals surface area contributed by atoms with E-state index in [1.165, 1.54) is 83.5 Å². The third kappa shape index (κ3) is 10.4. The van der Waals surface area contributed by atoms with E-state index >= 15 is 0 Å². The topological polar surface area (TPSA) is 49.3 Å². The fourth-order valence-electron chi connectivity index (χ4n) is 4.36. The minimum absolute atomic E-state index is 0.0692. The van der Waals surface area contributed by atoms with Gasteiger partial charge >= 0.3 is 0 Å². The third-order valence-corrected chi connectivity index (χ3v) is 7.07. The summed E-state index contributed by atoms with van der Waals surface area (Å²) in [6.45, 7) is 12.1. The summed E-state index contributed by atoms with van der Waals surface area (Å²) in [5, 5.41) is 13.2. The van der Waals surface area contributed by atoms with Crippen LogP contribution in [0.4, 0.5) is 5.69 Å². The van der Waals surface area contributed by atoms with Gasteiger partial charge in [0.1, 0.15) is 5.75 Å². The maximum atomic E-state index is 12.9. The summed E-state index contributed by atoms with van der Waals surface area (Å²) in [5.74, 6) is 0.391. The Morgan fingerprint density at radius 3 is 1.69 bits per heavy atom. The van der Waals surface area contributed by atoms with Crippen molar-refractivity contribution in [3.05, 3.63) is 22.8 Å². The highest BCUT2D eigenvalue weighted by molar-refractivity contribution is 5.95. The minimum atomic E-state index is -0.386. The smallest absolute Gasteiger partial charge is 0.230 e. The standard InChI is InChI=1S/C29H51NO2/c1-7-8-9-10-11-12-13-14-15-16-17-18-19-20-21-29(5,6)28(32)30-26-22-23(2)27(31)25(4)24(26)3/h22,31H,7-21H2,1-6H3,(H,30,32). The third-order valence-electron chi connectivity index (χ3n) is 7.07. The zero-order valence-corrected chi connectivity index (χ0v) is 22.0. The number of anilines is 1. The molecule has 0 bridgehead atoms. The maximum absolute atomic E-state index is 12.9. The Labute approximate surface area is 198 Å². The van der Waals surface area contributed by atoms with Crippen molar-refractivity contribution < 1.29 is 9.90 Å². The molecular weight excluding hydrogens is 394 g/mol. The van der Waals surface area contributed by atoms with Crippen molar-refractivity contribution in [3.8, 4) is 5.75 Å². The van der Waals surface area contributed by atoms with Gasteiger partial charge in [0.15, 0.2) is 0 Å². The van der Waals surface area contributed by atoms with Crippen LogP contribution in [0.15, 0.2) is 6.07 Å². The predicted octanol–water partition coefficient (Wildman–Crippen LogP) is 9.15. The van der Waals surface area contributed by atoms with Crippen LogP contribution in [0.3, 0.4) is 0 Å². The number of hydrogen-bond donors (Lipinski definition) is 2. The molecule has 0 saturated carbocycles. The van der Waals surface area contributed by atoms with Crippen molar-refractivity contribution in [2.75, 3.05) is 5.32 Å². The first-order chi connectivity index (χ1) is 15.2. The first-order valence-corrected chi connectivity index (χ1v) is 13.3. The molecule has 0 heterocycles. The maximum Gasteiger partial charge on any atom is 0.230 e. The van der Waals surface area contributed by atoms with Crippen LogP contribution in [0, 0.1) is 26.2 Å². The van der Waals surface area contributed by atoms with Crippen molar-refractivity contribution in [2.45, 2.75) is 138 Å². The quantitative estimate of drug-likeness (QED) is 0.185. The van der Waals surface area contributed by atoms with E-state index < -0.39 is 0 Å². The lowest BCUT2D eigenvalue weighted by atomic mass is 9.85. The second kappa shape index (κ2) is 15.3. The number of carbonyl (C=O) groups is 1. The molecule has 0 fully saturated rings. The number of phenols is 1. The van der Waals surface area contributed by atoms with E-state index in [4.69, 9.17) is 0 Å². The Morgan fingerprint density at radius 2 is 1.22 bits per heavy atom. The average Bonchev–Trinajstić information content (AvgIpc) is 2.76. The number of phenolic OH excluding ortho intramolecular Hbond substituents is 1. The van der Waals surface area contributed by atoms with E-state index in [0.717, 1.165) is 35.2 Å². The Bertz CT molecular complexity index is 678. The van der Waals surface area contributed by atoms with Gasteiger partial charge in [-0.1, -0.05) is 111 Å². The molecule has 0 aliphatic heterocycles. The van der Waals surface area contributed by atoms with Gasteiger partial charge in [0, 0.05) is 11.1 Å². The summed E-state index contributed by atoms with van der Waals surface area (Å²) < 4.78 is 0. The molecule has 184 valence electrons. The molecule has 0 aliphatic rings. The lowest BCUT2D eigenvalue weighted by Gasteiger charge is -2.25. The zero-order valence-electron chi connectivity index (χ0n) is 22.0. The highest BCUT2D eigenvalue weighted by atomic mass is 16.3. The Kier molecular flexibility index (Phi) is 13.7. The highest BCUT2D eigenvalue weighted by Gasteiger charge is 2.27. The van der Waals surface area contributed by atoms with Gasteiger partial charge in [-0.15, -0.1) is 0 Å². The van der Waals surface area contributed by atoms with E-state index in [-0.39, 0.29) is 11.3 Å². The molecule has 32 heavy (non-hydrogen) atoms. The van der Waals surface area contributed by atoms with Crippen LogP contribution < -0.4 is 5.32 Å². The number of carbonyl (C=O) groups excluding carboxylic acids is 1. The number of amides is 1. The van der Waals surface area contributed by atoms with Crippen LogP contribution in [0.25, 0.3) is 0 Å². The van der Waals surface area contributed by atoms with Crippen molar-refractivity contribution >= 4 is 11.6 Å². The van der Waals surface area contributed by atoms with Crippen LogP contribution in [-0.2, 0) is 4.79 Å². The molecule has 1 rings (SSSR count). The van der Waals surface area contributed by atoms with Gasteiger partial charge in [-0.05, 0) is 49.9 Å². The van der Waals surface area contributed by atoms with Crippen LogP contribution in [0.5, 0.6) is 5.75 Å². The van der Waals surface area contributed by atoms with Gasteiger partial charge in [0.2, 0.25) is 5.91 Å². The van der Waals surface area contributed by atoms with Crippen molar-refractivity contribution in [1.82, 2.24) is 0 Å². The molecule has 0 atom stereocenters.